The fourth-order valence-electron chi connectivity index (χ4n) is 3.90. The summed E-state index contributed by atoms with van der Waals surface area (Å²) >= 11 is 0. The summed E-state index contributed by atoms with van der Waals surface area (Å²) in [4.78, 5) is 14.3. The van der Waals surface area contributed by atoms with E-state index in [1.165, 1.54) is 10.5 Å². The molecule has 162 valence electrons. The third-order valence-corrected chi connectivity index (χ3v) is 7.38. The van der Waals surface area contributed by atoms with E-state index in [-0.39, 0.29) is 29.8 Å². The molecule has 1 atom stereocenters. The van der Waals surface area contributed by atoms with Crippen LogP contribution < -0.4 is 0 Å². The average molecular weight is 440 g/mol. The lowest BCUT2D eigenvalue weighted by Crippen LogP contribution is -2.42. The number of H-pyrrole nitrogens is 1. The molecule has 2 aliphatic heterocycles. The van der Waals surface area contributed by atoms with E-state index < -0.39 is 21.7 Å². The molecule has 0 saturated carbocycles. The van der Waals surface area contributed by atoms with Crippen LogP contribution in [-0.4, -0.2) is 73.1 Å². The Balaban J connectivity index is 1.55. The molecule has 2 saturated heterocycles. The number of carbonyl (C=O) groups excluding carboxylic acids is 1. The molecule has 1 aromatic heterocycles. The number of sulfonamides is 1. The fraction of sp³-hybridized carbons (Fsp3) is 0.474. The first-order valence-electron chi connectivity index (χ1n) is 9.73. The molecule has 3 heterocycles. The Kier molecular flexibility index (Phi) is 5.85. The van der Waals surface area contributed by atoms with Crippen LogP contribution in [0.1, 0.15) is 34.8 Å². The van der Waals surface area contributed by atoms with E-state index in [9.17, 15) is 22.0 Å². The smallest absolute Gasteiger partial charge is 0.257 e. The minimum Gasteiger partial charge on any atom is -0.378 e. The largest absolute Gasteiger partial charge is 0.378 e. The van der Waals surface area contributed by atoms with Crippen molar-refractivity contribution in [3.8, 4) is 0 Å². The van der Waals surface area contributed by atoms with Crippen molar-refractivity contribution >= 4 is 15.9 Å². The number of aromatic nitrogens is 2. The van der Waals surface area contributed by atoms with Crippen LogP contribution in [0.5, 0.6) is 0 Å². The number of benzene rings is 1. The molecule has 0 bridgehead atoms. The van der Waals surface area contributed by atoms with Crippen LogP contribution in [0.2, 0.25) is 0 Å². The van der Waals surface area contributed by atoms with E-state index in [0.717, 1.165) is 12.1 Å². The molecule has 1 N–H and O–H groups in total. The molecule has 0 unspecified atom stereocenters. The van der Waals surface area contributed by atoms with E-state index in [1.54, 1.807) is 4.90 Å². The van der Waals surface area contributed by atoms with Gasteiger partial charge in [0, 0.05) is 32.1 Å². The monoisotopic (exact) mass is 440 g/mol. The predicted molar refractivity (Wildman–Crippen MR) is 102 cm³/mol. The third-order valence-electron chi connectivity index (χ3n) is 5.52. The first-order chi connectivity index (χ1) is 14.4. The van der Waals surface area contributed by atoms with Crippen molar-refractivity contribution in [3.63, 3.8) is 0 Å². The second kappa shape index (κ2) is 8.40. The maximum absolute atomic E-state index is 13.6. The minimum absolute atomic E-state index is 0.118. The van der Waals surface area contributed by atoms with E-state index in [0.29, 0.717) is 56.5 Å². The molecule has 2 fully saturated rings. The molecule has 8 nitrogen and oxygen atoms in total. The van der Waals surface area contributed by atoms with Gasteiger partial charge in [0.05, 0.1) is 35.6 Å². The number of aromatic amines is 1. The molecule has 1 aromatic carbocycles. The van der Waals surface area contributed by atoms with E-state index >= 15 is 0 Å². The number of hydrogen-bond donors (Lipinski definition) is 1. The molecule has 0 aliphatic carbocycles. The van der Waals surface area contributed by atoms with Gasteiger partial charge in [0.15, 0.2) is 11.6 Å². The van der Waals surface area contributed by atoms with Gasteiger partial charge in [-0.15, -0.1) is 0 Å². The SMILES string of the molecule is O=C(c1cn[nH]c1[C@@H]1CCCN(S(=O)(=O)c2ccc(F)c(F)c2)C1)N1CCOCC1. The van der Waals surface area contributed by atoms with Crippen LogP contribution in [0.25, 0.3) is 0 Å². The number of nitrogens with one attached hydrogen (secondary N) is 1. The summed E-state index contributed by atoms with van der Waals surface area (Å²) in [6.45, 7) is 2.31. The molecule has 2 aliphatic rings. The van der Waals surface area contributed by atoms with Crippen LogP contribution >= 0.6 is 0 Å². The maximum atomic E-state index is 13.6. The number of morpholine rings is 1. The number of piperidine rings is 1. The summed E-state index contributed by atoms with van der Waals surface area (Å²) in [5.74, 6) is -2.74. The highest BCUT2D eigenvalue weighted by atomic mass is 32.2. The Morgan fingerprint density at radius 3 is 2.67 bits per heavy atom. The van der Waals surface area contributed by atoms with Gasteiger partial charge in [0.2, 0.25) is 10.0 Å². The van der Waals surface area contributed by atoms with Crippen molar-refractivity contribution in [2.75, 3.05) is 39.4 Å². The first-order valence-corrected chi connectivity index (χ1v) is 11.2. The zero-order valence-electron chi connectivity index (χ0n) is 16.2. The zero-order valence-corrected chi connectivity index (χ0v) is 17.0. The number of amides is 1. The van der Waals surface area contributed by atoms with Crippen LogP contribution in [0.15, 0.2) is 29.3 Å². The number of carbonyl (C=O) groups is 1. The molecule has 11 heteroatoms. The maximum Gasteiger partial charge on any atom is 0.257 e. The highest BCUT2D eigenvalue weighted by molar-refractivity contribution is 7.89. The van der Waals surface area contributed by atoms with Crippen molar-refractivity contribution in [1.82, 2.24) is 19.4 Å². The molecule has 0 radical (unpaired) electrons. The van der Waals surface area contributed by atoms with Crippen molar-refractivity contribution < 1.29 is 26.7 Å². The Morgan fingerprint density at radius 2 is 1.93 bits per heavy atom. The molecule has 30 heavy (non-hydrogen) atoms. The van der Waals surface area contributed by atoms with Gasteiger partial charge in [0.25, 0.3) is 5.91 Å². The molecular weight excluding hydrogens is 418 g/mol. The number of nitrogens with zero attached hydrogens (tertiary/aromatic N) is 3. The van der Waals surface area contributed by atoms with Gasteiger partial charge in [-0.05, 0) is 31.0 Å². The van der Waals surface area contributed by atoms with Gasteiger partial charge in [-0.25, -0.2) is 17.2 Å². The lowest BCUT2D eigenvalue weighted by molar-refractivity contribution is 0.0301. The Labute approximate surface area is 172 Å². The van der Waals surface area contributed by atoms with E-state index in [2.05, 4.69) is 10.2 Å². The fourth-order valence-corrected chi connectivity index (χ4v) is 5.43. The number of rotatable bonds is 4. The molecular formula is C19H22F2N4O4S. The van der Waals surface area contributed by atoms with Crippen LogP contribution in [-0.2, 0) is 14.8 Å². The molecule has 0 spiro atoms. The topological polar surface area (TPSA) is 95.6 Å². The normalized spacial score (nSPS) is 21.0. The molecule has 4 rings (SSSR count). The zero-order chi connectivity index (χ0) is 21.3. The quantitative estimate of drug-likeness (QED) is 0.781. The van der Waals surface area contributed by atoms with Crippen molar-refractivity contribution in [1.29, 1.82) is 0 Å². The summed E-state index contributed by atoms with van der Waals surface area (Å²) in [7, 11) is -4.00. The van der Waals surface area contributed by atoms with Gasteiger partial charge < -0.3 is 9.64 Å². The number of ether oxygens (including phenoxy) is 1. The Hall–Kier alpha value is -2.37. The third kappa shape index (κ3) is 3.96. The van der Waals surface area contributed by atoms with Crippen molar-refractivity contribution in [2.24, 2.45) is 0 Å². The standard InChI is InChI=1S/C19H22F2N4O4S/c20-16-4-3-14(10-17(16)21)30(27,28)25-5-1-2-13(12-25)18-15(11-22-23-18)19(26)24-6-8-29-9-7-24/h3-4,10-11,13H,1-2,5-9,12H2,(H,22,23)/t13-/m1/s1. The van der Waals surface area contributed by atoms with Crippen LogP contribution in [0.3, 0.4) is 0 Å². The molecule has 2 aromatic rings. The van der Waals surface area contributed by atoms with Gasteiger partial charge in [0.1, 0.15) is 0 Å². The lowest BCUT2D eigenvalue weighted by Gasteiger charge is -2.32. The van der Waals surface area contributed by atoms with Gasteiger partial charge in [-0.3, -0.25) is 9.89 Å². The number of halogens is 2. The Bertz CT molecular complexity index is 1040. The highest BCUT2D eigenvalue weighted by Crippen LogP contribution is 2.31. The Morgan fingerprint density at radius 1 is 1.17 bits per heavy atom. The van der Waals surface area contributed by atoms with Gasteiger partial charge >= 0.3 is 0 Å². The van der Waals surface area contributed by atoms with Gasteiger partial charge in [-0.1, -0.05) is 0 Å². The highest BCUT2D eigenvalue weighted by Gasteiger charge is 2.34. The van der Waals surface area contributed by atoms with E-state index in [1.807, 2.05) is 0 Å². The van der Waals surface area contributed by atoms with Gasteiger partial charge in [-0.2, -0.15) is 9.40 Å². The van der Waals surface area contributed by atoms with Crippen LogP contribution in [0.4, 0.5) is 8.78 Å². The predicted octanol–water partition coefficient (Wildman–Crippen LogP) is 1.73. The second-order valence-electron chi connectivity index (χ2n) is 7.38. The summed E-state index contributed by atoms with van der Waals surface area (Å²) < 4.78 is 59.2. The van der Waals surface area contributed by atoms with Crippen LogP contribution in [0, 0.1) is 11.6 Å². The minimum atomic E-state index is -4.00. The summed E-state index contributed by atoms with van der Waals surface area (Å²) in [6, 6.07) is 2.55. The summed E-state index contributed by atoms with van der Waals surface area (Å²) in [5, 5.41) is 6.88. The van der Waals surface area contributed by atoms with E-state index in [4.69, 9.17) is 4.74 Å². The molecule has 1 amide bonds. The first kappa shape index (κ1) is 20.9. The summed E-state index contributed by atoms with van der Waals surface area (Å²) in [5.41, 5.74) is 1.02. The summed E-state index contributed by atoms with van der Waals surface area (Å²) in [6.07, 6.45) is 2.71. The van der Waals surface area contributed by atoms with Crippen molar-refractivity contribution in [3.05, 3.63) is 47.3 Å². The average Bonchev–Trinajstić information content (AvgIpc) is 3.25. The number of hydrogen-bond acceptors (Lipinski definition) is 5. The lowest BCUT2D eigenvalue weighted by atomic mass is 9.93. The van der Waals surface area contributed by atoms with Crippen molar-refractivity contribution in [2.45, 2.75) is 23.7 Å². The second-order valence-corrected chi connectivity index (χ2v) is 9.32.